The van der Waals surface area contributed by atoms with Crippen LogP contribution in [-0.4, -0.2) is 17.4 Å². The first-order valence-electron chi connectivity index (χ1n) is 3.79. The van der Waals surface area contributed by atoms with Gasteiger partial charge in [-0.25, -0.2) is 4.79 Å². The molecule has 1 rings (SSSR count). The monoisotopic (exact) mass is 299 g/mol. The van der Waals surface area contributed by atoms with Crippen LogP contribution < -0.4 is 10.5 Å². The van der Waals surface area contributed by atoms with Gasteiger partial charge in [0.2, 0.25) is 0 Å². The summed E-state index contributed by atoms with van der Waals surface area (Å²) in [6.45, 7) is 0. The summed E-state index contributed by atoms with van der Waals surface area (Å²) < 4.78 is 39.2. The zero-order valence-corrected chi connectivity index (χ0v) is 9.09. The zero-order valence-electron chi connectivity index (χ0n) is 7.51. The van der Waals surface area contributed by atoms with Crippen LogP contribution in [0.25, 0.3) is 0 Å². The third-order valence-electron chi connectivity index (χ3n) is 1.54. The van der Waals surface area contributed by atoms with Crippen molar-refractivity contribution >= 4 is 27.6 Å². The number of carboxylic acids is 1. The molecule has 0 heterocycles. The largest absolute Gasteiger partial charge is 0.573 e. The van der Waals surface area contributed by atoms with Gasteiger partial charge in [0.05, 0.1) is 15.7 Å². The molecule has 0 amide bonds. The topological polar surface area (TPSA) is 72.5 Å². The molecule has 0 spiro atoms. The molecule has 3 N–H and O–H groups in total. The lowest BCUT2D eigenvalue weighted by Crippen LogP contribution is -2.17. The minimum atomic E-state index is -4.89. The van der Waals surface area contributed by atoms with E-state index in [0.29, 0.717) is 0 Å². The van der Waals surface area contributed by atoms with Crippen LogP contribution in [0.1, 0.15) is 10.4 Å². The molecular weight excluding hydrogens is 295 g/mol. The maximum absolute atomic E-state index is 11.9. The Kier molecular flexibility index (Phi) is 3.32. The van der Waals surface area contributed by atoms with Crippen molar-refractivity contribution < 1.29 is 27.8 Å². The van der Waals surface area contributed by atoms with Gasteiger partial charge < -0.3 is 15.6 Å². The Balaban J connectivity index is 3.19. The number of hydrogen-bond donors (Lipinski definition) is 2. The van der Waals surface area contributed by atoms with E-state index in [-0.39, 0.29) is 10.2 Å². The number of nitrogen functional groups attached to an aromatic ring is 1. The number of halogens is 4. The number of alkyl halides is 3. The van der Waals surface area contributed by atoms with Gasteiger partial charge in [-0.15, -0.1) is 13.2 Å². The Morgan fingerprint density at radius 2 is 2.00 bits per heavy atom. The molecule has 16 heavy (non-hydrogen) atoms. The third kappa shape index (κ3) is 3.02. The fourth-order valence-corrected chi connectivity index (χ4v) is 1.37. The summed E-state index contributed by atoms with van der Waals surface area (Å²) in [7, 11) is 0. The fraction of sp³-hybridized carbons (Fsp3) is 0.125. The molecule has 88 valence electrons. The Morgan fingerprint density at radius 1 is 1.44 bits per heavy atom. The highest BCUT2D eigenvalue weighted by atomic mass is 79.9. The van der Waals surface area contributed by atoms with Gasteiger partial charge in [0, 0.05) is 6.07 Å². The van der Waals surface area contributed by atoms with Crippen LogP contribution in [0.2, 0.25) is 0 Å². The van der Waals surface area contributed by atoms with E-state index in [9.17, 15) is 18.0 Å². The maximum Gasteiger partial charge on any atom is 0.573 e. The molecule has 0 atom stereocenters. The average Bonchev–Trinajstić information content (AvgIpc) is 2.07. The van der Waals surface area contributed by atoms with Crippen molar-refractivity contribution in [1.29, 1.82) is 0 Å². The van der Waals surface area contributed by atoms with E-state index in [2.05, 4.69) is 20.7 Å². The van der Waals surface area contributed by atoms with Crippen molar-refractivity contribution in [1.82, 2.24) is 0 Å². The van der Waals surface area contributed by atoms with Crippen molar-refractivity contribution in [2.24, 2.45) is 0 Å². The number of carboxylic acid groups (broad SMARTS) is 1. The molecule has 0 aromatic heterocycles. The van der Waals surface area contributed by atoms with E-state index in [1.54, 1.807) is 0 Å². The van der Waals surface area contributed by atoms with E-state index >= 15 is 0 Å². The molecule has 0 aliphatic rings. The van der Waals surface area contributed by atoms with Crippen LogP contribution in [0.15, 0.2) is 16.6 Å². The number of aromatic carboxylic acids is 1. The standard InChI is InChI=1S/C8H5BrF3NO3/c9-6-4(7(14)15)1-3(2-5(6)13)16-8(10,11)12/h1-2H,13H2,(H,14,15). The lowest BCUT2D eigenvalue weighted by Gasteiger charge is -2.11. The second kappa shape index (κ2) is 4.20. The Morgan fingerprint density at radius 3 is 2.44 bits per heavy atom. The normalized spacial score (nSPS) is 11.2. The SMILES string of the molecule is Nc1cc(OC(F)(F)F)cc(C(=O)O)c1Br. The van der Waals surface area contributed by atoms with Gasteiger partial charge in [0.25, 0.3) is 0 Å². The van der Waals surface area contributed by atoms with Crippen LogP contribution in [0.5, 0.6) is 5.75 Å². The minimum absolute atomic E-state index is 0.00882. The predicted octanol–water partition coefficient (Wildman–Crippen LogP) is 2.63. The molecule has 1 aromatic rings. The molecule has 0 radical (unpaired) electrons. The van der Waals surface area contributed by atoms with Crippen molar-refractivity contribution in [3.8, 4) is 5.75 Å². The predicted molar refractivity (Wildman–Crippen MR) is 52.2 cm³/mol. The lowest BCUT2D eigenvalue weighted by atomic mass is 10.2. The molecule has 8 heteroatoms. The number of benzene rings is 1. The summed E-state index contributed by atoms with van der Waals surface area (Å²) in [4.78, 5) is 10.7. The summed E-state index contributed by atoms with van der Waals surface area (Å²) in [5.74, 6) is -2.09. The molecule has 0 fully saturated rings. The summed E-state index contributed by atoms with van der Waals surface area (Å²) >= 11 is 2.85. The number of carbonyl (C=O) groups is 1. The molecular formula is C8H5BrF3NO3. The first kappa shape index (κ1) is 12.6. The molecule has 0 aliphatic heterocycles. The van der Waals surface area contributed by atoms with Crippen molar-refractivity contribution in [3.63, 3.8) is 0 Å². The van der Waals surface area contributed by atoms with E-state index in [1.165, 1.54) is 0 Å². The minimum Gasteiger partial charge on any atom is -0.478 e. The second-order valence-electron chi connectivity index (χ2n) is 2.73. The maximum atomic E-state index is 11.9. The summed E-state index contributed by atoms with van der Waals surface area (Å²) in [6, 6.07) is 1.61. The van der Waals surface area contributed by atoms with Crippen molar-refractivity contribution in [3.05, 3.63) is 22.2 Å². The smallest absolute Gasteiger partial charge is 0.478 e. The highest BCUT2D eigenvalue weighted by molar-refractivity contribution is 9.10. The molecule has 0 bridgehead atoms. The van der Waals surface area contributed by atoms with Crippen molar-refractivity contribution in [2.45, 2.75) is 6.36 Å². The Bertz CT molecular complexity index is 433. The summed E-state index contributed by atoms with van der Waals surface area (Å²) in [5.41, 5.74) is 4.76. The molecule has 4 nitrogen and oxygen atoms in total. The van der Waals surface area contributed by atoms with Crippen LogP contribution in [0.3, 0.4) is 0 Å². The number of rotatable bonds is 2. The van der Waals surface area contributed by atoms with Gasteiger partial charge in [0.15, 0.2) is 0 Å². The van der Waals surface area contributed by atoms with E-state index in [4.69, 9.17) is 10.8 Å². The first-order chi connectivity index (χ1) is 7.20. The van der Waals surface area contributed by atoms with Crippen LogP contribution >= 0.6 is 15.9 Å². The Hall–Kier alpha value is -1.44. The average molecular weight is 300 g/mol. The number of ether oxygens (including phenoxy) is 1. The number of anilines is 1. The molecule has 1 aromatic carbocycles. The highest BCUT2D eigenvalue weighted by Crippen LogP contribution is 2.32. The zero-order chi connectivity index (χ0) is 12.5. The molecule has 0 unspecified atom stereocenters. The van der Waals surface area contributed by atoms with Gasteiger partial charge in [-0.3, -0.25) is 0 Å². The third-order valence-corrected chi connectivity index (χ3v) is 2.42. The van der Waals surface area contributed by atoms with Gasteiger partial charge in [-0.1, -0.05) is 0 Å². The summed E-state index contributed by atoms with van der Waals surface area (Å²) in [5, 5.41) is 8.69. The molecule has 0 saturated carbocycles. The summed E-state index contributed by atoms with van der Waals surface area (Å²) in [6.07, 6.45) is -4.89. The molecule has 0 aliphatic carbocycles. The van der Waals surface area contributed by atoms with Gasteiger partial charge in [-0.2, -0.15) is 0 Å². The quantitative estimate of drug-likeness (QED) is 0.824. The van der Waals surface area contributed by atoms with Crippen LogP contribution in [-0.2, 0) is 0 Å². The van der Waals surface area contributed by atoms with E-state index in [0.717, 1.165) is 12.1 Å². The van der Waals surface area contributed by atoms with Gasteiger partial charge in [0.1, 0.15) is 5.75 Å². The lowest BCUT2D eigenvalue weighted by molar-refractivity contribution is -0.274. The van der Waals surface area contributed by atoms with Gasteiger partial charge >= 0.3 is 12.3 Å². The van der Waals surface area contributed by atoms with Crippen LogP contribution in [0, 0.1) is 0 Å². The second-order valence-corrected chi connectivity index (χ2v) is 3.52. The Labute approximate surface area is 95.9 Å². The van der Waals surface area contributed by atoms with Crippen LogP contribution in [0.4, 0.5) is 18.9 Å². The van der Waals surface area contributed by atoms with E-state index in [1.807, 2.05) is 0 Å². The number of nitrogens with two attached hydrogens (primary N) is 1. The van der Waals surface area contributed by atoms with E-state index < -0.39 is 23.6 Å². The highest BCUT2D eigenvalue weighted by Gasteiger charge is 2.31. The first-order valence-corrected chi connectivity index (χ1v) is 4.58. The fourth-order valence-electron chi connectivity index (χ4n) is 0.968. The van der Waals surface area contributed by atoms with Gasteiger partial charge in [-0.05, 0) is 22.0 Å². The molecule has 0 saturated heterocycles. The van der Waals surface area contributed by atoms with Crippen molar-refractivity contribution in [2.75, 3.05) is 5.73 Å². The number of hydrogen-bond acceptors (Lipinski definition) is 3.